The number of carbonyl (C=O) groups is 1. The molecule has 33 heavy (non-hydrogen) atoms. The summed E-state index contributed by atoms with van der Waals surface area (Å²) in [5, 5.41) is 0. The van der Waals surface area contributed by atoms with Crippen molar-refractivity contribution in [2.24, 2.45) is 5.92 Å². The van der Waals surface area contributed by atoms with E-state index in [-0.39, 0.29) is 37.1 Å². The first-order valence-corrected chi connectivity index (χ1v) is 13.5. The van der Waals surface area contributed by atoms with E-state index >= 15 is 0 Å². The van der Waals surface area contributed by atoms with Gasteiger partial charge in [0.2, 0.25) is 0 Å². The zero-order chi connectivity index (χ0) is 23.8. The monoisotopic (exact) mass is 475 g/mol. The molecule has 1 fully saturated rings. The van der Waals surface area contributed by atoms with Gasteiger partial charge in [0.05, 0.1) is 43.2 Å². The van der Waals surface area contributed by atoms with Gasteiger partial charge >= 0.3 is 7.60 Å². The highest BCUT2D eigenvalue weighted by molar-refractivity contribution is 7.53. The fourth-order valence-corrected chi connectivity index (χ4v) is 6.00. The molecule has 0 saturated heterocycles. The molecule has 1 atom stereocenters. The summed E-state index contributed by atoms with van der Waals surface area (Å²) in [7, 11) is -3.27. The third-order valence-electron chi connectivity index (χ3n) is 5.95. The number of aromatic nitrogens is 3. The van der Waals surface area contributed by atoms with E-state index < -0.39 is 13.6 Å². The smallest absolute Gasteiger partial charge is 0.309 e. The predicted molar refractivity (Wildman–Crippen MR) is 126 cm³/mol. The van der Waals surface area contributed by atoms with Gasteiger partial charge < -0.3 is 13.6 Å². The first kappa shape index (κ1) is 25.5. The molecule has 2 aromatic heterocycles. The summed E-state index contributed by atoms with van der Waals surface area (Å²) in [6.07, 6.45) is 10.1. The average Bonchev–Trinajstić information content (AvgIpc) is 3.29. The standard InChI is InChI=1S/C24H34N3O5P/c1-4-31-33(30,32-5-2)17-21-15-25-20(14-26-21)13-23(28)22(12-19-8-6-7-9-19)27-16-18(3)10-11-24(27)29/h10-11,14-16,19,22H,4-9,12-13,17H2,1-3H3/t22-/m0/s1. The molecule has 1 aliphatic carbocycles. The number of ketones is 1. The highest BCUT2D eigenvalue weighted by Gasteiger charge is 2.28. The Morgan fingerprint density at radius 2 is 1.76 bits per heavy atom. The number of aryl methyl sites for hydroxylation is 1. The number of rotatable bonds is 12. The van der Waals surface area contributed by atoms with E-state index in [1.807, 2.05) is 6.92 Å². The molecular weight excluding hydrogens is 441 g/mol. The molecular formula is C24H34N3O5P. The van der Waals surface area contributed by atoms with Crippen LogP contribution in [0.2, 0.25) is 0 Å². The molecule has 0 aliphatic heterocycles. The summed E-state index contributed by atoms with van der Waals surface area (Å²) in [4.78, 5) is 34.6. The number of Topliss-reactive ketones (excluding diaryl/α,β-unsaturated/α-hetero) is 1. The number of nitrogens with zero attached hydrogens (tertiary/aromatic N) is 3. The van der Waals surface area contributed by atoms with Crippen molar-refractivity contribution >= 4 is 13.4 Å². The molecule has 1 aliphatic rings. The number of hydrogen-bond acceptors (Lipinski definition) is 7. The summed E-state index contributed by atoms with van der Waals surface area (Å²) in [6, 6.07) is 2.77. The third kappa shape index (κ3) is 7.16. The van der Waals surface area contributed by atoms with Crippen molar-refractivity contribution in [3.63, 3.8) is 0 Å². The van der Waals surface area contributed by atoms with Crippen LogP contribution in [-0.4, -0.2) is 33.5 Å². The lowest BCUT2D eigenvalue weighted by Gasteiger charge is -2.22. The lowest BCUT2D eigenvalue weighted by Crippen LogP contribution is -2.31. The Bertz CT molecular complexity index is 1020. The van der Waals surface area contributed by atoms with Gasteiger partial charge in [0.25, 0.3) is 5.56 Å². The third-order valence-corrected chi connectivity index (χ3v) is 7.96. The normalized spacial score (nSPS) is 15.6. The summed E-state index contributed by atoms with van der Waals surface area (Å²) in [6.45, 7) is 5.98. The van der Waals surface area contributed by atoms with E-state index in [1.165, 1.54) is 31.3 Å². The van der Waals surface area contributed by atoms with Crippen molar-refractivity contribution in [2.75, 3.05) is 13.2 Å². The van der Waals surface area contributed by atoms with Crippen LogP contribution in [0.3, 0.4) is 0 Å². The van der Waals surface area contributed by atoms with Crippen molar-refractivity contribution in [1.82, 2.24) is 14.5 Å². The Morgan fingerprint density at radius 3 is 2.36 bits per heavy atom. The van der Waals surface area contributed by atoms with E-state index in [4.69, 9.17) is 9.05 Å². The molecule has 0 unspecified atom stereocenters. The van der Waals surface area contributed by atoms with E-state index in [9.17, 15) is 14.2 Å². The molecule has 3 rings (SSSR count). The van der Waals surface area contributed by atoms with E-state index in [0.717, 1.165) is 18.4 Å². The Kier molecular flexibility index (Phi) is 9.12. The Balaban J connectivity index is 1.75. The molecule has 8 nitrogen and oxygen atoms in total. The van der Waals surface area contributed by atoms with Crippen molar-refractivity contribution in [3.8, 4) is 0 Å². The highest BCUT2D eigenvalue weighted by Crippen LogP contribution is 2.50. The van der Waals surface area contributed by atoms with Crippen LogP contribution in [0.1, 0.15) is 68.9 Å². The minimum absolute atomic E-state index is 0.0267. The van der Waals surface area contributed by atoms with Crippen LogP contribution >= 0.6 is 7.60 Å². The topological polar surface area (TPSA) is 100 Å². The molecule has 0 aromatic carbocycles. The van der Waals surface area contributed by atoms with Crippen LogP contribution in [-0.2, 0) is 31.0 Å². The molecule has 0 amide bonds. The summed E-state index contributed by atoms with van der Waals surface area (Å²) < 4.78 is 24.9. The van der Waals surface area contributed by atoms with E-state index in [2.05, 4.69) is 9.97 Å². The second-order valence-corrected chi connectivity index (χ2v) is 10.7. The molecule has 0 spiro atoms. The summed E-state index contributed by atoms with van der Waals surface area (Å²) >= 11 is 0. The second-order valence-electron chi connectivity index (χ2n) is 8.60. The number of pyridine rings is 1. The molecule has 2 aromatic rings. The van der Waals surface area contributed by atoms with Crippen molar-refractivity contribution in [3.05, 3.63) is 58.0 Å². The zero-order valence-electron chi connectivity index (χ0n) is 19.7. The van der Waals surface area contributed by atoms with Crippen LogP contribution in [0, 0.1) is 12.8 Å². The Morgan fingerprint density at radius 1 is 1.12 bits per heavy atom. The van der Waals surface area contributed by atoms with Gasteiger partial charge in [0.15, 0.2) is 5.78 Å². The van der Waals surface area contributed by atoms with Crippen molar-refractivity contribution in [1.29, 1.82) is 0 Å². The largest absolute Gasteiger partial charge is 0.336 e. The first-order chi connectivity index (χ1) is 15.8. The van der Waals surface area contributed by atoms with Crippen molar-refractivity contribution in [2.45, 2.75) is 71.5 Å². The SMILES string of the molecule is CCOP(=O)(Cc1cnc(CC(=O)[C@H](CC2CCCC2)n2cc(C)ccc2=O)cn1)OCC. The molecule has 2 heterocycles. The Labute approximate surface area is 195 Å². The molecule has 180 valence electrons. The van der Waals surface area contributed by atoms with Crippen LogP contribution in [0.25, 0.3) is 0 Å². The molecule has 1 saturated carbocycles. The Hall–Kier alpha value is -2.15. The fraction of sp³-hybridized carbons (Fsp3) is 0.583. The molecule has 0 bridgehead atoms. The molecule has 9 heteroatoms. The quantitative estimate of drug-likeness (QED) is 0.412. The van der Waals surface area contributed by atoms with Gasteiger partial charge in [-0.1, -0.05) is 31.7 Å². The van der Waals surface area contributed by atoms with Gasteiger partial charge in [-0.05, 0) is 38.7 Å². The van der Waals surface area contributed by atoms with Gasteiger partial charge in [0, 0.05) is 24.7 Å². The fourth-order valence-electron chi connectivity index (χ4n) is 4.39. The first-order valence-electron chi connectivity index (χ1n) is 11.7. The van der Waals surface area contributed by atoms with Crippen molar-refractivity contribution < 1.29 is 18.4 Å². The van der Waals surface area contributed by atoms with Gasteiger partial charge in [-0.3, -0.25) is 24.1 Å². The lowest BCUT2D eigenvalue weighted by molar-refractivity contribution is -0.122. The lowest BCUT2D eigenvalue weighted by atomic mass is 9.93. The van der Waals surface area contributed by atoms with Crippen LogP contribution in [0.5, 0.6) is 0 Å². The molecule has 0 radical (unpaired) electrons. The van der Waals surface area contributed by atoms with Gasteiger partial charge in [-0.25, -0.2) is 0 Å². The predicted octanol–water partition coefficient (Wildman–Crippen LogP) is 4.65. The highest BCUT2D eigenvalue weighted by atomic mass is 31.2. The summed E-state index contributed by atoms with van der Waals surface area (Å²) in [5.74, 6) is 0.400. The second kappa shape index (κ2) is 11.8. The molecule has 0 N–H and O–H groups in total. The van der Waals surface area contributed by atoms with Gasteiger partial charge in [0.1, 0.15) is 0 Å². The van der Waals surface area contributed by atoms with E-state index in [0.29, 0.717) is 23.7 Å². The van der Waals surface area contributed by atoms with Gasteiger partial charge in [-0.15, -0.1) is 0 Å². The van der Waals surface area contributed by atoms with Crippen LogP contribution in [0.15, 0.2) is 35.5 Å². The minimum atomic E-state index is -3.27. The van der Waals surface area contributed by atoms with E-state index in [1.54, 1.807) is 30.7 Å². The minimum Gasteiger partial charge on any atom is -0.309 e. The maximum absolute atomic E-state index is 13.3. The summed E-state index contributed by atoms with van der Waals surface area (Å²) in [5.41, 5.74) is 1.77. The van der Waals surface area contributed by atoms with Crippen LogP contribution < -0.4 is 5.56 Å². The zero-order valence-corrected chi connectivity index (χ0v) is 20.6. The number of carbonyl (C=O) groups excluding carboxylic acids is 1. The maximum atomic E-state index is 13.3. The van der Waals surface area contributed by atoms with Gasteiger partial charge in [-0.2, -0.15) is 0 Å². The number of hydrogen-bond donors (Lipinski definition) is 0. The van der Waals surface area contributed by atoms with Crippen LogP contribution in [0.4, 0.5) is 0 Å². The maximum Gasteiger partial charge on any atom is 0.336 e. The average molecular weight is 476 g/mol.